The third-order valence-electron chi connectivity index (χ3n) is 3.20. The van der Waals surface area contributed by atoms with Gasteiger partial charge in [-0.05, 0) is 43.3 Å². The molecule has 26 heavy (non-hydrogen) atoms. The molecule has 138 valence electrons. The number of hydrazine groups is 1. The monoisotopic (exact) mass is 393 g/mol. The quantitative estimate of drug-likeness (QED) is 0.493. The molecule has 0 atom stereocenters. The summed E-state index contributed by atoms with van der Waals surface area (Å²) in [4.78, 5) is 25.7. The second-order valence-electron chi connectivity index (χ2n) is 5.46. The van der Waals surface area contributed by atoms with Gasteiger partial charge in [0, 0.05) is 17.5 Å². The van der Waals surface area contributed by atoms with Crippen molar-refractivity contribution in [3.05, 3.63) is 54.1 Å². The number of sulfonamides is 1. The Morgan fingerprint density at radius 1 is 1.00 bits per heavy atom. The van der Waals surface area contributed by atoms with Crippen LogP contribution < -0.4 is 15.6 Å². The maximum atomic E-state index is 12.2. The van der Waals surface area contributed by atoms with Crippen LogP contribution in [0, 0.1) is 6.92 Å². The zero-order valence-corrected chi connectivity index (χ0v) is 15.9. The van der Waals surface area contributed by atoms with Crippen molar-refractivity contribution in [2.45, 2.75) is 23.6 Å². The summed E-state index contributed by atoms with van der Waals surface area (Å²) in [6.45, 7) is 3.33. The Bertz CT molecular complexity index is 879. The smallest absolute Gasteiger partial charge is 0.257 e. The molecule has 2 amide bonds. The summed E-state index contributed by atoms with van der Waals surface area (Å²) in [5.41, 5.74) is 3.79. The Labute approximate surface area is 156 Å². The van der Waals surface area contributed by atoms with Gasteiger partial charge < -0.3 is 5.32 Å². The van der Waals surface area contributed by atoms with Gasteiger partial charge in [-0.2, -0.15) is 0 Å². The van der Waals surface area contributed by atoms with E-state index >= 15 is 0 Å². The molecule has 9 heteroatoms. The number of nitrogens with one attached hydrogen (secondary N) is 3. The number of aryl methyl sites for hydroxylation is 1. The number of carbonyl (C=O) groups is 2. The molecule has 0 saturated carbocycles. The SMILES string of the molecule is CC(=O)Nc1ccc(S(=O)(=O)NNC(=O)CSc2ccc(C)cc2)cc1. The van der Waals surface area contributed by atoms with E-state index in [0.29, 0.717) is 5.69 Å². The molecule has 0 heterocycles. The van der Waals surface area contributed by atoms with Crippen LogP contribution in [-0.2, 0) is 19.6 Å². The van der Waals surface area contributed by atoms with Gasteiger partial charge in [-0.3, -0.25) is 15.0 Å². The first-order valence-corrected chi connectivity index (χ1v) is 10.1. The van der Waals surface area contributed by atoms with E-state index < -0.39 is 15.9 Å². The number of hydrogen-bond donors (Lipinski definition) is 3. The number of thioether (sulfide) groups is 1. The number of carbonyl (C=O) groups excluding carboxylic acids is 2. The molecule has 0 unspecified atom stereocenters. The van der Waals surface area contributed by atoms with Crippen molar-refractivity contribution in [2.24, 2.45) is 0 Å². The van der Waals surface area contributed by atoms with E-state index in [1.807, 2.05) is 31.2 Å². The van der Waals surface area contributed by atoms with Crippen LogP contribution in [0.3, 0.4) is 0 Å². The third kappa shape index (κ3) is 6.17. The lowest BCUT2D eigenvalue weighted by atomic mass is 10.2. The summed E-state index contributed by atoms with van der Waals surface area (Å²) in [5.74, 6) is -0.640. The summed E-state index contributed by atoms with van der Waals surface area (Å²) in [5, 5.41) is 2.54. The first-order chi connectivity index (χ1) is 12.3. The van der Waals surface area contributed by atoms with Crippen molar-refractivity contribution in [2.75, 3.05) is 11.1 Å². The predicted molar refractivity (Wildman–Crippen MR) is 101 cm³/mol. The lowest BCUT2D eigenvalue weighted by molar-refractivity contribution is -0.119. The highest BCUT2D eigenvalue weighted by Gasteiger charge is 2.15. The van der Waals surface area contributed by atoms with Crippen molar-refractivity contribution in [1.29, 1.82) is 0 Å². The van der Waals surface area contributed by atoms with Crippen molar-refractivity contribution in [1.82, 2.24) is 10.3 Å². The molecule has 0 spiro atoms. The lowest BCUT2D eigenvalue weighted by Crippen LogP contribution is -2.42. The molecule has 2 aromatic rings. The molecule has 7 nitrogen and oxygen atoms in total. The summed E-state index contributed by atoms with van der Waals surface area (Å²) in [6.07, 6.45) is 0. The fourth-order valence-corrected chi connectivity index (χ4v) is 3.48. The third-order valence-corrected chi connectivity index (χ3v) is 5.48. The van der Waals surface area contributed by atoms with E-state index in [2.05, 4.69) is 15.6 Å². The van der Waals surface area contributed by atoms with Gasteiger partial charge >= 0.3 is 0 Å². The molecule has 0 fully saturated rings. The first-order valence-electron chi connectivity index (χ1n) is 7.64. The Morgan fingerprint density at radius 2 is 1.62 bits per heavy atom. The van der Waals surface area contributed by atoms with Crippen LogP contribution in [0.25, 0.3) is 0 Å². The Balaban J connectivity index is 1.87. The molecule has 0 aromatic heterocycles. The highest BCUT2D eigenvalue weighted by molar-refractivity contribution is 8.00. The Hall–Kier alpha value is -2.36. The molecule has 0 aliphatic rings. The average molecular weight is 393 g/mol. The van der Waals surface area contributed by atoms with Crippen molar-refractivity contribution in [3.8, 4) is 0 Å². The van der Waals surface area contributed by atoms with Crippen molar-refractivity contribution < 1.29 is 18.0 Å². The molecule has 3 N–H and O–H groups in total. The van der Waals surface area contributed by atoms with Gasteiger partial charge in [0.2, 0.25) is 11.8 Å². The fraction of sp³-hybridized carbons (Fsp3) is 0.176. The molecule has 2 aromatic carbocycles. The van der Waals surface area contributed by atoms with Crippen LogP contribution in [-0.4, -0.2) is 26.0 Å². The normalized spacial score (nSPS) is 11.0. The highest BCUT2D eigenvalue weighted by Crippen LogP contribution is 2.18. The molecule has 0 bridgehead atoms. The predicted octanol–water partition coefficient (Wildman–Crippen LogP) is 2.06. The van der Waals surface area contributed by atoms with Crippen molar-refractivity contribution >= 4 is 39.3 Å². The summed E-state index contributed by atoms with van der Waals surface area (Å²) in [7, 11) is -3.89. The van der Waals surface area contributed by atoms with E-state index in [-0.39, 0.29) is 16.6 Å². The van der Waals surface area contributed by atoms with E-state index in [0.717, 1.165) is 10.5 Å². The van der Waals surface area contributed by atoms with Crippen LogP contribution in [0.5, 0.6) is 0 Å². The van der Waals surface area contributed by atoms with Crippen LogP contribution in [0.2, 0.25) is 0 Å². The van der Waals surface area contributed by atoms with Crippen LogP contribution in [0.1, 0.15) is 12.5 Å². The standard InChI is InChI=1S/C17H19N3O4S2/c1-12-3-7-15(8-4-12)25-11-17(22)19-20-26(23,24)16-9-5-14(6-10-16)18-13(2)21/h3-10,20H,11H2,1-2H3,(H,18,21)(H,19,22). The van der Waals surface area contributed by atoms with Gasteiger partial charge in [0.1, 0.15) is 0 Å². The van der Waals surface area contributed by atoms with E-state index in [9.17, 15) is 18.0 Å². The minimum Gasteiger partial charge on any atom is -0.326 e. The molecule has 0 saturated heterocycles. The van der Waals surface area contributed by atoms with E-state index in [1.165, 1.54) is 43.0 Å². The van der Waals surface area contributed by atoms with Gasteiger partial charge in [-0.1, -0.05) is 17.7 Å². The number of amides is 2. The largest absolute Gasteiger partial charge is 0.326 e. The van der Waals surface area contributed by atoms with Gasteiger partial charge in [0.15, 0.2) is 0 Å². The molecule has 2 rings (SSSR count). The average Bonchev–Trinajstić information content (AvgIpc) is 2.59. The van der Waals surface area contributed by atoms with E-state index in [4.69, 9.17) is 0 Å². The number of rotatable bonds is 7. The summed E-state index contributed by atoms with van der Waals surface area (Å²) in [6, 6.07) is 13.3. The second kappa shape index (κ2) is 8.84. The summed E-state index contributed by atoms with van der Waals surface area (Å²) >= 11 is 1.30. The zero-order valence-electron chi connectivity index (χ0n) is 14.3. The van der Waals surface area contributed by atoms with Crippen molar-refractivity contribution in [3.63, 3.8) is 0 Å². The Kier molecular flexibility index (Phi) is 6.78. The summed E-state index contributed by atoms with van der Waals surface area (Å²) < 4.78 is 24.3. The topological polar surface area (TPSA) is 104 Å². The van der Waals surface area contributed by atoms with Gasteiger partial charge in [-0.25, -0.2) is 8.42 Å². The van der Waals surface area contributed by atoms with Crippen LogP contribution in [0.15, 0.2) is 58.3 Å². The minimum absolute atomic E-state index is 0.0295. The maximum absolute atomic E-state index is 12.2. The second-order valence-corrected chi connectivity index (χ2v) is 8.19. The molecular formula is C17H19N3O4S2. The van der Waals surface area contributed by atoms with Gasteiger partial charge in [-0.15, -0.1) is 16.6 Å². The molecule has 0 radical (unpaired) electrons. The Morgan fingerprint density at radius 3 is 2.19 bits per heavy atom. The van der Waals surface area contributed by atoms with Crippen LogP contribution in [0.4, 0.5) is 5.69 Å². The number of anilines is 1. The fourth-order valence-electron chi connectivity index (χ4n) is 1.92. The first kappa shape index (κ1) is 20.0. The minimum atomic E-state index is -3.89. The van der Waals surface area contributed by atoms with Gasteiger partial charge in [0.25, 0.3) is 10.0 Å². The highest BCUT2D eigenvalue weighted by atomic mass is 32.2. The lowest BCUT2D eigenvalue weighted by Gasteiger charge is -2.09. The molecule has 0 aliphatic carbocycles. The van der Waals surface area contributed by atoms with E-state index in [1.54, 1.807) is 0 Å². The van der Waals surface area contributed by atoms with Crippen LogP contribution >= 0.6 is 11.8 Å². The molecule has 0 aliphatic heterocycles. The van der Waals surface area contributed by atoms with Gasteiger partial charge in [0.05, 0.1) is 10.6 Å². The number of benzene rings is 2. The molecular weight excluding hydrogens is 374 g/mol. The zero-order chi connectivity index (χ0) is 19.2. The number of hydrogen-bond acceptors (Lipinski definition) is 5. The maximum Gasteiger partial charge on any atom is 0.257 e.